The summed E-state index contributed by atoms with van der Waals surface area (Å²) in [6.07, 6.45) is 8.12. The Morgan fingerprint density at radius 2 is 1.88 bits per heavy atom. The summed E-state index contributed by atoms with van der Waals surface area (Å²) in [6.45, 7) is 4.05. The van der Waals surface area contributed by atoms with E-state index < -0.39 is 0 Å². The van der Waals surface area contributed by atoms with Crippen molar-refractivity contribution in [2.45, 2.75) is 13.8 Å². The third kappa shape index (κ3) is 2.03. The van der Waals surface area contributed by atoms with Crippen molar-refractivity contribution in [2.24, 2.45) is 0 Å². The molecule has 80 valence electrons. The molecule has 0 aliphatic carbocycles. The summed E-state index contributed by atoms with van der Waals surface area (Å²) in [5.41, 5.74) is 2.19. The molecule has 0 radical (unpaired) electrons. The monoisotopic (exact) mass is 209 g/mol. The first-order valence-corrected chi connectivity index (χ1v) is 5.49. The largest absolute Gasteiger partial charge is 0.256 e. The van der Waals surface area contributed by atoms with Crippen LogP contribution in [0.25, 0.3) is 16.3 Å². The van der Waals surface area contributed by atoms with Gasteiger partial charge in [0.25, 0.3) is 0 Å². The lowest BCUT2D eigenvalue weighted by molar-refractivity contribution is 1.31. The van der Waals surface area contributed by atoms with Gasteiger partial charge in [-0.1, -0.05) is 42.5 Å². The second kappa shape index (κ2) is 4.75. The standard InChI is InChI=1S/C15H15N/c1-3-7-12(4-2)15-10-13-8-5-6-9-14(13)11-16-15/h3-11H,1-2H3/b7-3-,12-4+. The fraction of sp³-hybridized carbons (Fsp3) is 0.133. The van der Waals surface area contributed by atoms with Crippen LogP contribution < -0.4 is 0 Å². The summed E-state index contributed by atoms with van der Waals surface area (Å²) in [7, 11) is 0. The van der Waals surface area contributed by atoms with Gasteiger partial charge < -0.3 is 0 Å². The maximum absolute atomic E-state index is 4.48. The molecule has 1 aromatic heterocycles. The van der Waals surface area contributed by atoms with Gasteiger partial charge in [-0.15, -0.1) is 0 Å². The molecule has 0 N–H and O–H groups in total. The minimum absolute atomic E-state index is 1.03. The molecule has 16 heavy (non-hydrogen) atoms. The number of benzene rings is 1. The minimum Gasteiger partial charge on any atom is -0.256 e. The number of nitrogens with zero attached hydrogens (tertiary/aromatic N) is 1. The molecule has 0 fully saturated rings. The summed E-state index contributed by atoms with van der Waals surface area (Å²) >= 11 is 0. The van der Waals surface area contributed by atoms with Gasteiger partial charge in [0.05, 0.1) is 5.69 Å². The van der Waals surface area contributed by atoms with Gasteiger partial charge in [0.15, 0.2) is 0 Å². The van der Waals surface area contributed by atoms with Crippen LogP contribution in [0.15, 0.2) is 54.8 Å². The average Bonchev–Trinajstić information content (AvgIpc) is 2.35. The number of hydrogen-bond donors (Lipinski definition) is 0. The number of hydrogen-bond acceptors (Lipinski definition) is 1. The highest BCUT2D eigenvalue weighted by molar-refractivity contribution is 5.85. The molecule has 0 aliphatic heterocycles. The van der Waals surface area contributed by atoms with Crippen LogP contribution in [0.5, 0.6) is 0 Å². The average molecular weight is 209 g/mol. The molecule has 0 bridgehead atoms. The van der Waals surface area contributed by atoms with Gasteiger partial charge in [-0.2, -0.15) is 0 Å². The quantitative estimate of drug-likeness (QED) is 0.675. The van der Waals surface area contributed by atoms with Crippen molar-refractivity contribution in [1.82, 2.24) is 4.98 Å². The molecule has 0 saturated carbocycles. The van der Waals surface area contributed by atoms with Crippen LogP contribution in [0, 0.1) is 0 Å². The van der Waals surface area contributed by atoms with E-state index in [4.69, 9.17) is 0 Å². The van der Waals surface area contributed by atoms with Crippen molar-refractivity contribution < 1.29 is 0 Å². The van der Waals surface area contributed by atoms with E-state index >= 15 is 0 Å². The van der Waals surface area contributed by atoms with Crippen molar-refractivity contribution in [3.8, 4) is 0 Å². The molecular formula is C15H15N. The number of fused-ring (bicyclic) bond motifs is 1. The third-order valence-corrected chi connectivity index (χ3v) is 2.58. The van der Waals surface area contributed by atoms with Crippen molar-refractivity contribution in [1.29, 1.82) is 0 Å². The Morgan fingerprint density at radius 1 is 1.12 bits per heavy atom. The SMILES string of the molecule is C/C=C\C(=C/C)c1cc2ccccc2cn1. The molecule has 0 amide bonds. The first kappa shape index (κ1) is 10.6. The van der Waals surface area contributed by atoms with E-state index in [1.165, 1.54) is 10.8 Å². The first-order valence-electron chi connectivity index (χ1n) is 5.49. The Balaban J connectivity index is 2.54. The Bertz CT molecular complexity index is 550. The molecule has 0 unspecified atom stereocenters. The lowest BCUT2D eigenvalue weighted by Crippen LogP contribution is -1.86. The van der Waals surface area contributed by atoms with Crippen LogP contribution in [0.3, 0.4) is 0 Å². The molecule has 0 aliphatic rings. The topological polar surface area (TPSA) is 12.9 Å². The summed E-state index contributed by atoms with van der Waals surface area (Å²) in [5.74, 6) is 0. The van der Waals surface area contributed by atoms with Crippen LogP contribution in [0.1, 0.15) is 19.5 Å². The molecule has 2 aromatic rings. The molecular weight excluding hydrogens is 194 g/mol. The van der Waals surface area contributed by atoms with Gasteiger partial charge in [0, 0.05) is 11.6 Å². The van der Waals surface area contributed by atoms with Gasteiger partial charge in [-0.05, 0) is 30.9 Å². The highest BCUT2D eigenvalue weighted by Gasteiger charge is 1.99. The van der Waals surface area contributed by atoms with Crippen molar-refractivity contribution in [2.75, 3.05) is 0 Å². The Labute approximate surface area is 96.1 Å². The first-order chi connectivity index (χ1) is 7.85. The van der Waals surface area contributed by atoms with Gasteiger partial charge >= 0.3 is 0 Å². The van der Waals surface area contributed by atoms with E-state index in [0.29, 0.717) is 0 Å². The van der Waals surface area contributed by atoms with E-state index in [2.05, 4.69) is 41.4 Å². The lowest BCUT2D eigenvalue weighted by atomic mass is 10.1. The fourth-order valence-electron chi connectivity index (χ4n) is 1.75. The second-order valence-corrected chi connectivity index (χ2v) is 3.66. The molecule has 1 nitrogen and oxygen atoms in total. The van der Waals surface area contributed by atoms with E-state index in [9.17, 15) is 0 Å². The normalized spacial score (nSPS) is 12.5. The summed E-state index contributed by atoms with van der Waals surface area (Å²) in [6, 6.07) is 10.4. The Hall–Kier alpha value is -1.89. The minimum atomic E-state index is 1.03. The van der Waals surface area contributed by atoms with E-state index in [1.54, 1.807) is 0 Å². The molecule has 0 saturated heterocycles. The van der Waals surface area contributed by atoms with Crippen LogP contribution in [0.2, 0.25) is 0 Å². The third-order valence-electron chi connectivity index (χ3n) is 2.58. The Kier molecular flexibility index (Phi) is 3.16. The summed E-state index contributed by atoms with van der Waals surface area (Å²) < 4.78 is 0. The molecule has 1 heterocycles. The molecule has 1 heteroatoms. The predicted octanol–water partition coefficient (Wildman–Crippen LogP) is 4.21. The van der Waals surface area contributed by atoms with Crippen molar-refractivity contribution in [3.05, 3.63) is 60.5 Å². The summed E-state index contributed by atoms with van der Waals surface area (Å²) in [4.78, 5) is 4.48. The maximum atomic E-state index is 4.48. The Morgan fingerprint density at radius 3 is 2.56 bits per heavy atom. The predicted molar refractivity (Wildman–Crippen MR) is 70.2 cm³/mol. The van der Waals surface area contributed by atoms with Gasteiger partial charge in [0.2, 0.25) is 0 Å². The molecule has 0 spiro atoms. The second-order valence-electron chi connectivity index (χ2n) is 3.66. The molecule has 2 rings (SSSR count). The number of aromatic nitrogens is 1. The van der Waals surface area contributed by atoms with Crippen LogP contribution >= 0.6 is 0 Å². The number of pyridine rings is 1. The zero-order chi connectivity index (χ0) is 11.4. The number of allylic oxidation sites excluding steroid dienone is 4. The van der Waals surface area contributed by atoms with Crippen LogP contribution in [-0.4, -0.2) is 4.98 Å². The smallest absolute Gasteiger partial charge is 0.0704 e. The lowest BCUT2D eigenvalue weighted by Gasteiger charge is -2.03. The number of rotatable bonds is 2. The molecule has 0 atom stereocenters. The highest BCUT2D eigenvalue weighted by atomic mass is 14.7. The van der Waals surface area contributed by atoms with Crippen molar-refractivity contribution in [3.63, 3.8) is 0 Å². The van der Waals surface area contributed by atoms with Crippen LogP contribution in [-0.2, 0) is 0 Å². The van der Waals surface area contributed by atoms with Crippen molar-refractivity contribution >= 4 is 16.3 Å². The maximum Gasteiger partial charge on any atom is 0.0704 e. The fourth-order valence-corrected chi connectivity index (χ4v) is 1.75. The highest BCUT2D eigenvalue weighted by Crippen LogP contribution is 2.19. The molecule has 1 aromatic carbocycles. The van der Waals surface area contributed by atoms with E-state index in [0.717, 1.165) is 11.3 Å². The zero-order valence-corrected chi connectivity index (χ0v) is 9.64. The summed E-state index contributed by atoms with van der Waals surface area (Å²) in [5, 5.41) is 2.42. The van der Waals surface area contributed by atoms with Crippen LogP contribution in [0.4, 0.5) is 0 Å². The van der Waals surface area contributed by atoms with Gasteiger partial charge in [0.1, 0.15) is 0 Å². The van der Waals surface area contributed by atoms with E-state index in [-0.39, 0.29) is 0 Å². The van der Waals surface area contributed by atoms with Gasteiger partial charge in [-0.3, -0.25) is 4.98 Å². The van der Waals surface area contributed by atoms with Gasteiger partial charge in [-0.25, -0.2) is 0 Å². The van der Waals surface area contributed by atoms with E-state index in [1.807, 2.05) is 32.2 Å². The zero-order valence-electron chi connectivity index (χ0n) is 9.64.